The van der Waals surface area contributed by atoms with Gasteiger partial charge in [0.05, 0.1) is 11.5 Å². The average molecular weight is 237 g/mol. The molecular formula is C8H9F2NO3S. The third-order valence-corrected chi connectivity index (χ3v) is 2.48. The molecule has 7 heteroatoms. The zero-order chi connectivity index (χ0) is 11.6. The van der Waals surface area contributed by atoms with Crippen LogP contribution in [0.1, 0.15) is 6.92 Å². The molecule has 0 bridgehead atoms. The highest BCUT2D eigenvalue weighted by Gasteiger charge is 2.17. The lowest BCUT2D eigenvalue weighted by Gasteiger charge is -2.07. The summed E-state index contributed by atoms with van der Waals surface area (Å²) >= 11 is 0. The van der Waals surface area contributed by atoms with Crippen molar-refractivity contribution < 1.29 is 21.9 Å². The van der Waals surface area contributed by atoms with Gasteiger partial charge in [-0.1, -0.05) is 0 Å². The van der Waals surface area contributed by atoms with Gasteiger partial charge in [-0.3, -0.25) is 0 Å². The van der Waals surface area contributed by atoms with E-state index in [0.29, 0.717) is 12.1 Å². The molecule has 0 saturated carbocycles. The van der Waals surface area contributed by atoms with E-state index < -0.39 is 32.3 Å². The van der Waals surface area contributed by atoms with E-state index in [1.807, 2.05) is 0 Å². The molecule has 0 unspecified atom stereocenters. The fraction of sp³-hybridized carbons (Fsp3) is 0.250. The van der Waals surface area contributed by atoms with E-state index in [1.165, 1.54) is 0 Å². The van der Waals surface area contributed by atoms with Gasteiger partial charge in [0.25, 0.3) is 0 Å². The third-order valence-electron chi connectivity index (χ3n) is 1.59. The minimum absolute atomic E-state index is 0.0720. The SMILES string of the molecule is CCOc1c(F)cc(S(N)(=O)=O)cc1F. The van der Waals surface area contributed by atoms with E-state index in [4.69, 9.17) is 5.14 Å². The molecule has 1 rings (SSSR count). The maximum Gasteiger partial charge on any atom is 0.238 e. The van der Waals surface area contributed by atoms with Gasteiger partial charge in [-0.25, -0.2) is 22.3 Å². The fourth-order valence-electron chi connectivity index (χ4n) is 0.983. The molecule has 15 heavy (non-hydrogen) atoms. The zero-order valence-corrected chi connectivity index (χ0v) is 8.64. The highest BCUT2D eigenvalue weighted by molar-refractivity contribution is 7.89. The molecule has 4 nitrogen and oxygen atoms in total. The number of rotatable bonds is 3. The zero-order valence-electron chi connectivity index (χ0n) is 7.83. The van der Waals surface area contributed by atoms with Crippen LogP contribution in [0.4, 0.5) is 8.78 Å². The normalized spacial score (nSPS) is 11.5. The van der Waals surface area contributed by atoms with E-state index in [1.54, 1.807) is 6.92 Å². The molecule has 0 aromatic heterocycles. The van der Waals surface area contributed by atoms with E-state index in [2.05, 4.69) is 4.74 Å². The molecule has 0 aliphatic heterocycles. The van der Waals surface area contributed by atoms with Gasteiger partial charge < -0.3 is 4.74 Å². The largest absolute Gasteiger partial charge is 0.488 e. The van der Waals surface area contributed by atoms with Crippen molar-refractivity contribution in [3.05, 3.63) is 23.8 Å². The molecule has 0 heterocycles. The van der Waals surface area contributed by atoms with Gasteiger partial charge in [-0.2, -0.15) is 0 Å². The summed E-state index contributed by atoms with van der Waals surface area (Å²) in [4.78, 5) is -0.624. The number of halogens is 2. The number of sulfonamides is 1. The van der Waals surface area contributed by atoms with Gasteiger partial charge in [0.1, 0.15) is 0 Å². The second kappa shape index (κ2) is 4.11. The standard InChI is InChI=1S/C8H9F2NO3S/c1-2-14-8-6(9)3-5(4-7(8)10)15(11,12)13/h3-4H,2H2,1H3,(H2,11,12,13). The van der Waals surface area contributed by atoms with Crippen molar-refractivity contribution in [2.45, 2.75) is 11.8 Å². The molecule has 0 atom stereocenters. The van der Waals surface area contributed by atoms with Gasteiger partial charge in [0.15, 0.2) is 17.4 Å². The summed E-state index contributed by atoms with van der Waals surface area (Å²) in [5.74, 6) is -2.80. The van der Waals surface area contributed by atoms with Crippen LogP contribution in [0, 0.1) is 11.6 Å². The van der Waals surface area contributed by atoms with Crippen LogP contribution < -0.4 is 9.88 Å². The van der Waals surface area contributed by atoms with Crippen molar-refractivity contribution in [2.75, 3.05) is 6.61 Å². The van der Waals surface area contributed by atoms with E-state index >= 15 is 0 Å². The van der Waals surface area contributed by atoms with Crippen molar-refractivity contribution in [3.63, 3.8) is 0 Å². The highest BCUT2D eigenvalue weighted by atomic mass is 32.2. The first-order valence-corrected chi connectivity index (χ1v) is 5.55. The predicted molar refractivity (Wildman–Crippen MR) is 48.9 cm³/mol. The van der Waals surface area contributed by atoms with Crippen molar-refractivity contribution in [1.82, 2.24) is 0 Å². The van der Waals surface area contributed by atoms with Crippen molar-refractivity contribution in [1.29, 1.82) is 0 Å². The molecule has 0 spiro atoms. The number of benzene rings is 1. The molecule has 2 N–H and O–H groups in total. The second-order valence-corrected chi connectivity index (χ2v) is 4.26. The lowest BCUT2D eigenvalue weighted by atomic mass is 10.3. The van der Waals surface area contributed by atoms with Gasteiger partial charge in [0.2, 0.25) is 10.0 Å². The quantitative estimate of drug-likeness (QED) is 0.853. The summed E-state index contributed by atoms with van der Waals surface area (Å²) in [6.07, 6.45) is 0. The number of hydrogen-bond acceptors (Lipinski definition) is 3. The molecule has 1 aromatic carbocycles. The first-order valence-electron chi connectivity index (χ1n) is 4.01. The van der Waals surface area contributed by atoms with E-state index in [9.17, 15) is 17.2 Å². The molecular weight excluding hydrogens is 228 g/mol. The summed E-state index contributed by atoms with van der Waals surface area (Å²) in [6.45, 7) is 1.62. The van der Waals surface area contributed by atoms with E-state index in [0.717, 1.165) is 0 Å². The predicted octanol–water partition coefficient (Wildman–Crippen LogP) is 1.01. The monoisotopic (exact) mass is 237 g/mol. The van der Waals surface area contributed by atoms with Crippen LogP contribution in [0.5, 0.6) is 5.75 Å². The molecule has 0 saturated heterocycles. The summed E-state index contributed by atoms with van der Waals surface area (Å²) < 4.78 is 52.6. The second-order valence-electron chi connectivity index (χ2n) is 2.69. The summed E-state index contributed by atoms with van der Waals surface area (Å²) in [7, 11) is -4.12. The Morgan fingerprint density at radius 1 is 1.33 bits per heavy atom. The van der Waals surface area contributed by atoms with Gasteiger partial charge in [-0.05, 0) is 19.1 Å². The first kappa shape index (κ1) is 11.9. The van der Waals surface area contributed by atoms with Gasteiger partial charge >= 0.3 is 0 Å². The Bertz CT molecular complexity index is 450. The minimum atomic E-state index is -4.12. The lowest BCUT2D eigenvalue weighted by molar-refractivity contribution is 0.301. The maximum atomic E-state index is 13.1. The molecule has 84 valence electrons. The Labute approximate surface area is 85.7 Å². The molecule has 0 aliphatic carbocycles. The van der Waals surface area contributed by atoms with E-state index in [-0.39, 0.29) is 6.61 Å². The van der Waals surface area contributed by atoms with Crippen LogP contribution >= 0.6 is 0 Å². The van der Waals surface area contributed by atoms with Crippen LogP contribution in [0.25, 0.3) is 0 Å². The summed E-state index contributed by atoms with van der Waals surface area (Å²) in [5.41, 5.74) is 0. The number of hydrogen-bond donors (Lipinski definition) is 1. The van der Waals surface area contributed by atoms with Crippen molar-refractivity contribution >= 4 is 10.0 Å². The van der Waals surface area contributed by atoms with Crippen molar-refractivity contribution in [2.24, 2.45) is 5.14 Å². The topological polar surface area (TPSA) is 69.4 Å². The fourth-order valence-corrected chi connectivity index (χ4v) is 1.52. The van der Waals surface area contributed by atoms with Gasteiger partial charge in [-0.15, -0.1) is 0 Å². The number of ether oxygens (including phenoxy) is 1. The Kier molecular flexibility index (Phi) is 3.25. The summed E-state index contributed by atoms with van der Waals surface area (Å²) in [6, 6.07) is 1.23. The Hall–Kier alpha value is -1.21. The highest BCUT2D eigenvalue weighted by Crippen LogP contribution is 2.24. The van der Waals surface area contributed by atoms with Crippen LogP contribution in [-0.2, 0) is 10.0 Å². The molecule has 0 aliphatic rings. The van der Waals surface area contributed by atoms with Crippen LogP contribution in [0.15, 0.2) is 17.0 Å². The lowest BCUT2D eigenvalue weighted by Crippen LogP contribution is -2.13. The molecule has 0 fully saturated rings. The first-order chi connectivity index (χ1) is 6.86. The average Bonchev–Trinajstić information content (AvgIpc) is 2.09. The van der Waals surface area contributed by atoms with Crippen LogP contribution in [-0.4, -0.2) is 15.0 Å². The maximum absolute atomic E-state index is 13.1. The Morgan fingerprint density at radius 3 is 2.13 bits per heavy atom. The Morgan fingerprint density at radius 2 is 1.80 bits per heavy atom. The van der Waals surface area contributed by atoms with Crippen LogP contribution in [0.2, 0.25) is 0 Å². The molecule has 1 aromatic rings. The third kappa shape index (κ3) is 2.63. The van der Waals surface area contributed by atoms with Crippen molar-refractivity contribution in [3.8, 4) is 5.75 Å². The molecule has 0 radical (unpaired) electrons. The summed E-state index contributed by atoms with van der Waals surface area (Å²) in [5, 5.41) is 4.72. The smallest absolute Gasteiger partial charge is 0.238 e. The Balaban J connectivity index is 3.32. The number of nitrogens with two attached hydrogens (primary N) is 1. The molecule has 0 amide bonds. The van der Waals surface area contributed by atoms with Crippen LogP contribution in [0.3, 0.4) is 0 Å². The van der Waals surface area contributed by atoms with Gasteiger partial charge in [0, 0.05) is 0 Å². The minimum Gasteiger partial charge on any atom is -0.488 e. The number of primary sulfonamides is 1.